The van der Waals surface area contributed by atoms with Crippen molar-refractivity contribution in [3.05, 3.63) is 65.2 Å². The predicted molar refractivity (Wildman–Crippen MR) is 104 cm³/mol. The Balaban J connectivity index is 2.09. The van der Waals surface area contributed by atoms with Crippen LogP contribution in [-0.4, -0.2) is 14.7 Å². The van der Waals surface area contributed by atoms with Gasteiger partial charge in [-0.05, 0) is 75.3 Å². The van der Waals surface area contributed by atoms with Crippen LogP contribution in [0.2, 0.25) is 0 Å². The van der Waals surface area contributed by atoms with Crippen LogP contribution in [0.1, 0.15) is 49.7 Å². The molecular weight excluding hydrogens is 382 g/mol. The van der Waals surface area contributed by atoms with Gasteiger partial charge in [0.1, 0.15) is 22.7 Å². The summed E-state index contributed by atoms with van der Waals surface area (Å²) in [5.74, 6) is -1.15. The van der Waals surface area contributed by atoms with E-state index in [0.29, 0.717) is 25.7 Å². The van der Waals surface area contributed by atoms with E-state index in [0.717, 1.165) is 30.0 Å². The third kappa shape index (κ3) is 3.75. The lowest BCUT2D eigenvalue weighted by molar-refractivity contribution is -0.108. The fourth-order valence-corrected chi connectivity index (χ4v) is 6.37. The fourth-order valence-electron chi connectivity index (χ4n) is 4.21. The Kier molecular flexibility index (Phi) is 5.98. The third-order valence-corrected chi connectivity index (χ3v) is 8.42. The average molecular weight is 406 g/mol. The van der Waals surface area contributed by atoms with Crippen molar-refractivity contribution >= 4 is 16.1 Å². The van der Waals surface area contributed by atoms with Crippen LogP contribution >= 0.6 is 0 Å². The topological polar surface area (TPSA) is 51.2 Å². The second kappa shape index (κ2) is 8.11. The molecule has 28 heavy (non-hydrogen) atoms. The van der Waals surface area contributed by atoms with Crippen molar-refractivity contribution in [3.8, 4) is 0 Å². The summed E-state index contributed by atoms with van der Waals surface area (Å²) in [5, 5.41) is 0. The van der Waals surface area contributed by atoms with E-state index >= 15 is 0 Å². The molecule has 0 aromatic heterocycles. The molecule has 0 heterocycles. The van der Waals surface area contributed by atoms with Crippen molar-refractivity contribution in [1.29, 1.82) is 0 Å². The fraction of sp³-hybridized carbons (Fsp3) is 0.409. The van der Waals surface area contributed by atoms with Gasteiger partial charge in [-0.25, -0.2) is 17.2 Å². The molecule has 1 aliphatic carbocycles. The second-order valence-electron chi connectivity index (χ2n) is 7.62. The minimum absolute atomic E-state index is 0.0955. The van der Waals surface area contributed by atoms with Gasteiger partial charge in [-0.15, -0.1) is 0 Å². The maximum Gasteiger partial charge on any atom is 0.188 e. The van der Waals surface area contributed by atoms with Crippen LogP contribution in [0.25, 0.3) is 0 Å². The van der Waals surface area contributed by atoms with E-state index in [2.05, 4.69) is 0 Å². The Labute approximate surface area is 164 Å². The van der Waals surface area contributed by atoms with Gasteiger partial charge in [0, 0.05) is 12.0 Å². The van der Waals surface area contributed by atoms with Gasteiger partial charge in [0.05, 0.1) is 4.90 Å². The highest BCUT2D eigenvalue weighted by atomic mass is 32.2. The molecule has 0 bridgehead atoms. The highest BCUT2D eigenvalue weighted by molar-refractivity contribution is 7.92. The molecule has 150 valence electrons. The molecule has 6 heteroatoms. The summed E-state index contributed by atoms with van der Waals surface area (Å²) in [6, 6.07) is 9.49. The number of aryl methyl sites for hydroxylation is 1. The van der Waals surface area contributed by atoms with Crippen LogP contribution in [0.4, 0.5) is 8.78 Å². The Morgan fingerprint density at radius 1 is 1.07 bits per heavy atom. The van der Waals surface area contributed by atoms with Gasteiger partial charge in [0.2, 0.25) is 0 Å². The minimum Gasteiger partial charge on any atom is -0.303 e. The number of benzene rings is 2. The van der Waals surface area contributed by atoms with Gasteiger partial charge in [-0.3, -0.25) is 0 Å². The first-order valence-corrected chi connectivity index (χ1v) is 11.0. The zero-order valence-corrected chi connectivity index (χ0v) is 16.6. The summed E-state index contributed by atoms with van der Waals surface area (Å²) in [5.41, 5.74) is 0.824. The summed E-state index contributed by atoms with van der Waals surface area (Å²) in [4.78, 5) is 10.8. The van der Waals surface area contributed by atoms with Gasteiger partial charge in [0.25, 0.3) is 0 Å². The molecule has 1 fully saturated rings. The monoisotopic (exact) mass is 406 g/mol. The Hall–Kier alpha value is -2.08. The van der Waals surface area contributed by atoms with Gasteiger partial charge in [-0.2, -0.15) is 0 Å². The Bertz CT molecular complexity index is 944. The first kappa shape index (κ1) is 20.6. The van der Waals surface area contributed by atoms with Gasteiger partial charge in [-0.1, -0.05) is 17.7 Å². The van der Waals surface area contributed by atoms with E-state index in [4.69, 9.17) is 0 Å². The second-order valence-corrected chi connectivity index (χ2v) is 9.88. The Morgan fingerprint density at radius 2 is 1.71 bits per heavy atom. The van der Waals surface area contributed by atoms with Gasteiger partial charge < -0.3 is 4.79 Å². The van der Waals surface area contributed by atoms with Crippen molar-refractivity contribution < 1.29 is 22.0 Å². The summed E-state index contributed by atoms with van der Waals surface area (Å²) in [6.07, 6.45) is 3.48. The zero-order valence-electron chi connectivity index (χ0n) is 15.8. The number of carbonyl (C=O) groups excluding carboxylic acids is 1. The maximum atomic E-state index is 14.7. The van der Waals surface area contributed by atoms with Crippen molar-refractivity contribution in [3.63, 3.8) is 0 Å². The molecule has 0 amide bonds. The molecule has 0 radical (unpaired) electrons. The number of carbonyl (C=O) groups is 1. The molecule has 3 rings (SSSR count). The molecule has 0 spiro atoms. The summed E-state index contributed by atoms with van der Waals surface area (Å²) >= 11 is 0. The van der Waals surface area contributed by atoms with Crippen LogP contribution in [0, 0.1) is 24.5 Å². The van der Waals surface area contributed by atoms with Gasteiger partial charge in [0.15, 0.2) is 9.84 Å². The molecular formula is C22H24F2O3S. The summed E-state index contributed by atoms with van der Waals surface area (Å²) in [6.45, 7) is 1.86. The molecule has 0 saturated heterocycles. The van der Waals surface area contributed by atoms with Crippen molar-refractivity contribution in [2.45, 2.75) is 55.1 Å². The lowest BCUT2D eigenvalue weighted by atomic mass is 9.76. The SMILES string of the molecule is Cc1ccc(S(=O)(=O)C2(c3cc(F)ccc3F)CCC(CCC=O)CC2)cc1. The third-order valence-electron chi connectivity index (χ3n) is 5.87. The molecule has 0 aliphatic heterocycles. The number of aldehydes is 1. The molecule has 1 saturated carbocycles. The van der Waals surface area contributed by atoms with Crippen LogP contribution in [0.5, 0.6) is 0 Å². The number of halogens is 2. The van der Waals surface area contributed by atoms with Crippen molar-refractivity contribution in [2.75, 3.05) is 0 Å². The molecule has 3 nitrogen and oxygen atoms in total. The zero-order chi connectivity index (χ0) is 20.4. The number of rotatable bonds is 6. The van der Waals surface area contributed by atoms with E-state index in [1.54, 1.807) is 12.1 Å². The van der Waals surface area contributed by atoms with Crippen molar-refractivity contribution in [2.24, 2.45) is 5.92 Å². The smallest absolute Gasteiger partial charge is 0.188 e. The van der Waals surface area contributed by atoms with E-state index in [9.17, 15) is 22.0 Å². The van der Waals surface area contributed by atoms with Crippen LogP contribution in [0.3, 0.4) is 0 Å². The first-order valence-electron chi connectivity index (χ1n) is 9.50. The highest BCUT2D eigenvalue weighted by Crippen LogP contribution is 2.49. The molecule has 0 unspecified atom stereocenters. The van der Waals surface area contributed by atoms with Crippen molar-refractivity contribution in [1.82, 2.24) is 0 Å². The lowest BCUT2D eigenvalue weighted by Gasteiger charge is -2.40. The van der Waals surface area contributed by atoms with Crippen LogP contribution in [0.15, 0.2) is 47.4 Å². The predicted octanol–water partition coefficient (Wildman–Crippen LogP) is 5.11. The van der Waals surface area contributed by atoms with Crippen LogP contribution < -0.4 is 0 Å². The van der Waals surface area contributed by atoms with E-state index in [1.165, 1.54) is 12.1 Å². The summed E-state index contributed by atoms with van der Waals surface area (Å²) < 4.78 is 54.5. The molecule has 1 aliphatic rings. The number of sulfone groups is 1. The molecule has 0 N–H and O–H groups in total. The summed E-state index contributed by atoms with van der Waals surface area (Å²) in [7, 11) is -3.95. The number of hydrogen-bond acceptors (Lipinski definition) is 3. The normalized spacial score (nSPS) is 22.8. The van der Waals surface area contributed by atoms with Gasteiger partial charge >= 0.3 is 0 Å². The largest absolute Gasteiger partial charge is 0.303 e. The Morgan fingerprint density at radius 3 is 2.32 bits per heavy atom. The number of hydrogen-bond donors (Lipinski definition) is 0. The van der Waals surface area contributed by atoms with Crippen LogP contribution in [-0.2, 0) is 19.4 Å². The van der Waals surface area contributed by atoms with E-state index in [-0.39, 0.29) is 29.2 Å². The standard InChI is InChI=1S/C22H24F2O3S/c1-16-4-7-19(8-5-16)28(26,27)22(20-15-18(23)6-9-21(20)24)12-10-17(11-13-22)3-2-14-25/h4-9,14-15,17H,2-3,10-13H2,1H3. The van der Waals surface area contributed by atoms with E-state index < -0.39 is 26.2 Å². The highest BCUT2D eigenvalue weighted by Gasteiger charge is 2.49. The average Bonchev–Trinajstić information content (AvgIpc) is 2.69. The lowest BCUT2D eigenvalue weighted by Crippen LogP contribution is -2.40. The molecule has 0 atom stereocenters. The van der Waals surface area contributed by atoms with E-state index in [1.807, 2.05) is 6.92 Å². The minimum atomic E-state index is -3.95. The maximum absolute atomic E-state index is 14.7. The first-order chi connectivity index (χ1) is 13.3. The molecule has 2 aromatic rings. The molecule has 2 aromatic carbocycles. The quantitative estimate of drug-likeness (QED) is 0.626.